The predicted octanol–water partition coefficient (Wildman–Crippen LogP) is -5.51. The second-order valence-electron chi connectivity index (χ2n) is 0.747. The molecule has 0 saturated heterocycles. The van der Waals surface area contributed by atoms with E-state index in [1.807, 2.05) is 0 Å². The topological polar surface area (TPSA) is 37.3 Å². The van der Waals surface area contributed by atoms with Gasteiger partial charge < -0.3 is 29.9 Å². The average molecular weight is 210 g/mol. The molecule has 0 rings (SSSR count). The van der Waals surface area contributed by atoms with E-state index in [0.29, 0.717) is 0 Å². The number of carbonyl (C=O) groups is 1. The Balaban J connectivity index is -0.0000000267. The van der Waals surface area contributed by atoms with Crippen LogP contribution < -0.4 is 24.8 Å². The molecule has 2 nitrogen and oxygen atoms in total. The molecule has 0 amide bonds. The molecular formula is C3H6Cl2O2Zn. The molecule has 0 aromatic heterocycles. The van der Waals surface area contributed by atoms with Gasteiger partial charge in [-0.2, -0.15) is 0 Å². The molecule has 0 aromatic carbocycles. The number of aliphatic carboxylic acids is 1. The van der Waals surface area contributed by atoms with E-state index in [0.717, 1.165) is 0 Å². The fraction of sp³-hybridized carbons (Fsp3) is 0.667. The van der Waals surface area contributed by atoms with Crippen molar-refractivity contribution >= 4 is 5.97 Å². The minimum Gasteiger partial charge on any atom is -1.00 e. The standard InChI is InChI=1S/C3H6O2.2ClH.Zn/c1-2-3(4)5;;;/h2H2,1H3,(H,4,5);2*1H;/q;;;+2/p-2. The number of carboxylic acid groups (broad SMARTS) is 1. The molecule has 46 valence electrons. The van der Waals surface area contributed by atoms with Gasteiger partial charge in [-0.1, -0.05) is 6.92 Å². The largest absolute Gasteiger partial charge is 2.00 e. The maximum atomic E-state index is 9.37. The zero-order chi connectivity index (χ0) is 4.28. The van der Waals surface area contributed by atoms with Gasteiger partial charge in [-0.25, -0.2) is 0 Å². The summed E-state index contributed by atoms with van der Waals surface area (Å²) in [7, 11) is 0. The summed E-state index contributed by atoms with van der Waals surface area (Å²) in [5.41, 5.74) is 0. The summed E-state index contributed by atoms with van der Waals surface area (Å²) in [6, 6.07) is 0. The van der Waals surface area contributed by atoms with Gasteiger partial charge in [0.05, 0.1) is 0 Å². The molecule has 1 N–H and O–H groups in total. The predicted molar refractivity (Wildman–Crippen MR) is 17.9 cm³/mol. The van der Waals surface area contributed by atoms with Crippen molar-refractivity contribution in [2.24, 2.45) is 0 Å². The number of hydrogen-bond donors (Lipinski definition) is 1. The molecule has 8 heavy (non-hydrogen) atoms. The Morgan fingerprint density at radius 3 is 1.62 bits per heavy atom. The molecule has 0 atom stereocenters. The monoisotopic (exact) mass is 208 g/mol. The van der Waals surface area contributed by atoms with Crippen LogP contribution in [0.3, 0.4) is 0 Å². The molecule has 0 radical (unpaired) electrons. The fourth-order valence-electron chi connectivity index (χ4n) is 0. The third-order valence-electron chi connectivity index (χ3n) is 0.302. The molecule has 0 spiro atoms. The summed E-state index contributed by atoms with van der Waals surface area (Å²) in [6.45, 7) is 1.60. The third-order valence-corrected chi connectivity index (χ3v) is 0.302. The zero-order valence-electron chi connectivity index (χ0n) is 4.53. The van der Waals surface area contributed by atoms with Crippen molar-refractivity contribution in [3.05, 3.63) is 0 Å². The second-order valence-corrected chi connectivity index (χ2v) is 0.747. The van der Waals surface area contributed by atoms with Crippen LogP contribution in [0, 0.1) is 0 Å². The van der Waals surface area contributed by atoms with Crippen molar-refractivity contribution < 1.29 is 54.2 Å². The van der Waals surface area contributed by atoms with Crippen LogP contribution in [0.15, 0.2) is 0 Å². The van der Waals surface area contributed by atoms with Crippen molar-refractivity contribution in [2.75, 3.05) is 0 Å². The van der Waals surface area contributed by atoms with Gasteiger partial charge in [0.15, 0.2) is 0 Å². The van der Waals surface area contributed by atoms with Gasteiger partial charge in [0.1, 0.15) is 0 Å². The van der Waals surface area contributed by atoms with Gasteiger partial charge in [0.2, 0.25) is 0 Å². The number of rotatable bonds is 1. The zero-order valence-corrected chi connectivity index (χ0v) is 9.00. The van der Waals surface area contributed by atoms with Crippen LogP contribution in [0.1, 0.15) is 13.3 Å². The summed E-state index contributed by atoms with van der Waals surface area (Å²) >= 11 is 0. The van der Waals surface area contributed by atoms with E-state index in [4.69, 9.17) is 5.11 Å². The van der Waals surface area contributed by atoms with Gasteiger partial charge in [-0.3, -0.25) is 4.79 Å². The quantitative estimate of drug-likeness (QED) is 0.439. The Bertz CT molecular complexity index is 50.5. The molecule has 0 saturated carbocycles. The van der Waals surface area contributed by atoms with E-state index in [1.165, 1.54) is 0 Å². The van der Waals surface area contributed by atoms with Crippen molar-refractivity contribution in [3.63, 3.8) is 0 Å². The van der Waals surface area contributed by atoms with Crippen molar-refractivity contribution in [1.82, 2.24) is 0 Å². The van der Waals surface area contributed by atoms with Crippen molar-refractivity contribution in [3.8, 4) is 0 Å². The first-order valence-electron chi connectivity index (χ1n) is 1.49. The van der Waals surface area contributed by atoms with Crippen molar-refractivity contribution in [1.29, 1.82) is 0 Å². The van der Waals surface area contributed by atoms with E-state index in [2.05, 4.69) is 0 Å². The van der Waals surface area contributed by atoms with Gasteiger partial charge in [0.25, 0.3) is 0 Å². The smallest absolute Gasteiger partial charge is 1.00 e. The number of hydrogen-bond acceptors (Lipinski definition) is 1. The first-order chi connectivity index (χ1) is 2.27. The van der Waals surface area contributed by atoms with Gasteiger partial charge in [-0.15, -0.1) is 0 Å². The normalized spacial score (nSPS) is 4.62. The molecule has 0 aliphatic heterocycles. The van der Waals surface area contributed by atoms with Gasteiger partial charge in [0, 0.05) is 6.42 Å². The Morgan fingerprint density at radius 2 is 1.62 bits per heavy atom. The molecular weight excluding hydrogens is 204 g/mol. The SMILES string of the molecule is CCC(=O)O.[Cl-].[Cl-].[Zn+2]. The van der Waals surface area contributed by atoms with Gasteiger partial charge in [-0.05, 0) is 0 Å². The Labute approximate surface area is 73.6 Å². The summed E-state index contributed by atoms with van der Waals surface area (Å²) in [6.07, 6.45) is 0.222. The van der Waals surface area contributed by atoms with Crippen LogP contribution in [0.5, 0.6) is 0 Å². The minimum absolute atomic E-state index is 0. The van der Waals surface area contributed by atoms with Crippen LogP contribution in [0.25, 0.3) is 0 Å². The van der Waals surface area contributed by atoms with Crippen LogP contribution in [0.2, 0.25) is 0 Å². The van der Waals surface area contributed by atoms with Crippen LogP contribution >= 0.6 is 0 Å². The van der Waals surface area contributed by atoms with E-state index < -0.39 is 5.97 Å². The maximum absolute atomic E-state index is 9.37. The Hall–Kier alpha value is 0.673. The van der Waals surface area contributed by atoms with Crippen molar-refractivity contribution in [2.45, 2.75) is 13.3 Å². The summed E-state index contributed by atoms with van der Waals surface area (Å²) in [5, 5.41) is 7.72. The van der Waals surface area contributed by atoms with Gasteiger partial charge >= 0.3 is 25.4 Å². The molecule has 0 unspecified atom stereocenters. The van der Waals surface area contributed by atoms with Crippen LogP contribution in [-0.2, 0) is 24.3 Å². The third kappa shape index (κ3) is 30.1. The molecule has 5 heteroatoms. The second kappa shape index (κ2) is 15.6. The average Bonchev–Trinajstić information content (AvgIpc) is 1.38. The minimum atomic E-state index is -0.745. The van der Waals surface area contributed by atoms with E-state index in [1.54, 1.807) is 6.92 Å². The Morgan fingerprint density at radius 1 is 1.50 bits per heavy atom. The first-order valence-corrected chi connectivity index (χ1v) is 1.49. The van der Waals surface area contributed by atoms with E-state index in [-0.39, 0.29) is 50.7 Å². The summed E-state index contributed by atoms with van der Waals surface area (Å²) in [5.74, 6) is -0.745. The number of carboxylic acids is 1. The molecule has 0 bridgehead atoms. The van der Waals surface area contributed by atoms with Crippen LogP contribution in [-0.4, -0.2) is 11.1 Å². The number of halogens is 2. The molecule has 0 aromatic rings. The van der Waals surface area contributed by atoms with E-state index in [9.17, 15) is 4.79 Å². The summed E-state index contributed by atoms with van der Waals surface area (Å²) < 4.78 is 0. The maximum Gasteiger partial charge on any atom is 2.00 e. The molecule has 0 fully saturated rings. The summed E-state index contributed by atoms with van der Waals surface area (Å²) in [4.78, 5) is 9.37. The molecule has 0 aliphatic carbocycles. The Kier molecular flexibility index (Phi) is 45.7. The van der Waals surface area contributed by atoms with E-state index >= 15 is 0 Å². The molecule has 0 heterocycles. The molecule has 0 aliphatic rings. The fourth-order valence-corrected chi connectivity index (χ4v) is 0. The van der Waals surface area contributed by atoms with Crippen LogP contribution in [0.4, 0.5) is 0 Å². The first kappa shape index (κ1) is 23.4.